The number of rotatable bonds is 8. The molecule has 1 N–H and O–H groups in total. The summed E-state index contributed by atoms with van der Waals surface area (Å²) in [5, 5.41) is 7.41. The van der Waals surface area contributed by atoms with Gasteiger partial charge in [0.05, 0.1) is 5.69 Å². The van der Waals surface area contributed by atoms with Crippen LogP contribution in [0.4, 0.5) is 5.69 Å². The Labute approximate surface area is 173 Å². The van der Waals surface area contributed by atoms with Gasteiger partial charge in [0.2, 0.25) is 11.8 Å². The first-order valence-electron chi connectivity index (χ1n) is 10.5. The van der Waals surface area contributed by atoms with Gasteiger partial charge in [0.25, 0.3) is 0 Å². The zero-order valence-corrected chi connectivity index (χ0v) is 18.0. The van der Waals surface area contributed by atoms with Crippen molar-refractivity contribution in [3.05, 3.63) is 47.3 Å². The summed E-state index contributed by atoms with van der Waals surface area (Å²) in [6.07, 6.45) is 2.43. The van der Waals surface area contributed by atoms with Crippen molar-refractivity contribution in [1.82, 2.24) is 15.1 Å². The molecule has 0 atom stereocenters. The van der Waals surface area contributed by atoms with Crippen LogP contribution < -0.4 is 10.2 Å². The number of fused-ring (bicyclic) bond motifs is 1. The number of aryl methyl sites for hydroxylation is 3. The molecule has 0 saturated carbocycles. The molecule has 6 heteroatoms. The highest BCUT2D eigenvalue weighted by molar-refractivity contribution is 5.97. The zero-order chi connectivity index (χ0) is 21.0. The van der Waals surface area contributed by atoms with Crippen molar-refractivity contribution in [2.45, 2.75) is 65.3 Å². The van der Waals surface area contributed by atoms with Gasteiger partial charge in [0.15, 0.2) is 0 Å². The van der Waals surface area contributed by atoms with Crippen LogP contribution in [0.25, 0.3) is 0 Å². The number of nitrogens with one attached hydrogen (secondary N) is 1. The first-order chi connectivity index (χ1) is 13.8. The van der Waals surface area contributed by atoms with Gasteiger partial charge in [0.1, 0.15) is 0 Å². The van der Waals surface area contributed by atoms with E-state index in [0.717, 1.165) is 30.0 Å². The SMILES string of the molecule is Cc1cc(C)n(CCCNC(=O)CCCN2C(=O)CC(C)(C)c3ccccc32)n1. The molecule has 2 heterocycles. The molecule has 2 amide bonds. The van der Waals surface area contributed by atoms with Gasteiger partial charge in [-0.2, -0.15) is 5.10 Å². The van der Waals surface area contributed by atoms with Crippen molar-refractivity contribution >= 4 is 17.5 Å². The average Bonchev–Trinajstić information content (AvgIpc) is 2.98. The number of carbonyl (C=O) groups excluding carboxylic acids is 2. The van der Waals surface area contributed by atoms with Crippen molar-refractivity contribution in [2.24, 2.45) is 0 Å². The lowest BCUT2D eigenvalue weighted by Gasteiger charge is -2.38. The number of aromatic nitrogens is 2. The summed E-state index contributed by atoms with van der Waals surface area (Å²) in [5.74, 6) is 0.176. The lowest BCUT2D eigenvalue weighted by molar-refractivity contribution is -0.122. The van der Waals surface area contributed by atoms with Crippen molar-refractivity contribution in [3.8, 4) is 0 Å². The van der Waals surface area contributed by atoms with E-state index in [0.29, 0.717) is 32.4 Å². The Kier molecular flexibility index (Phi) is 6.40. The predicted octanol–water partition coefficient (Wildman–Crippen LogP) is 3.50. The van der Waals surface area contributed by atoms with Gasteiger partial charge < -0.3 is 10.2 Å². The number of benzene rings is 1. The fourth-order valence-electron chi connectivity index (χ4n) is 4.07. The van der Waals surface area contributed by atoms with Crippen LogP contribution in [-0.4, -0.2) is 34.7 Å². The molecule has 1 aromatic carbocycles. The Morgan fingerprint density at radius 2 is 1.93 bits per heavy atom. The van der Waals surface area contributed by atoms with Gasteiger partial charge in [-0.1, -0.05) is 32.0 Å². The second kappa shape index (κ2) is 8.80. The predicted molar refractivity (Wildman–Crippen MR) is 115 cm³/mol. The standard InChI is InChI=1S/C23H32N4O2/c1-17-15-18(2)27(25-17)14-8-12-24-21(28)11-7-13-26-20-10-6-5-9-19(20)23(3,4)16-22(26)29/h5-6,9-10,15H,7-8,11-14,16H2,1-4H3,(H,24,28). The molecule has 1 aromatic heterocycles. The van der Waals surface area contributed by atoms with Crippen molar-refractivity contribution < 1.29 is 9.59 Å². The average molecular weight is 397 g/mol. The molecule has 1 aliphatic rings. The first-order valence-corrected chi connectivity index (χ1v) is 10.5. The Bertz CT molecular complexity index is 885. The van der Waals surface area contributed by atoms with Crippen LogP contribution in [0.15, 0.2) is 30.3 Å². The van der Waals surface area contributed by atoms with Crippen LogP contribution in [0.1, 0.15) is 56.5 Å². The third-order valence-electron chi connectivity index (χ3n) is 5.58. The van der Waals surface area contributed by atoms with E-state index in [9.17, 15) is 9.59 Å². The van der Waals surface area contributed by atoms with Crippen molar-refractivity contribution in [1.29, 1.82) is 0 Å². The van der Waals surface area contributed by atoms with Crippen molar-refractivity contribution in [3.63, 3.8) is 0 Å². The molecule has 0 aliphatic carbocycles. The highest BCUT2D eigenvalue weighted by Crippen LogP contribution is 2.39. The van der Waals surface area contributed by atoms with Gasteiger partial charge in [-0.25, -0.2) is 0 Å². The second-order valence-corrected chi connectivity index (χ2v) is 8.58. The Hall–Kier alpha value is -2.63. The van der Waals surface area contributed by atoms with E-state index in [-0.39, 0.29) is 17.2 Å². The number of nitrogens with zero attached hydrogens (tertiary/aromatic N) is 3. The molecule has 0 bridgehead atoms. The molecular formula is C23H32N4O2. The number of anilines is 1. The van der Waals surface area contributed by atoms with Crippen LogP contribution in [0.3, 0.4) is 0 Å². The van der Waals surface area contributed by atoms with E-state index in [2.05, 4.69) is 36.4 Å². The van der Waals surface area contributed by atoms with E-state index >= 15 is 0 Å². The zero-order valence-electron chi connectivity index (χ0n) is 18.0. The minimum atomic E-state index is -0.146. The topological polar surface area (TPSA) is 67.2 Å². The Morgan fingerprint density at radius 3 is 2.66 bits per heavy atom. The summed E-state index contributed by atoms with van der Waals surface area (Å²) in [6, 6.07) is 10.2. The molecule has 1 aliphatic heterocycles. The van der Waals surface area contributed by atoms with Crippen molar-refractivity contribution in [2.75, 3.05) is 18.0 Å². The quantitative estimate of drug-likeness (QED) is 0.695. The number of carbonyl (C=O) groups is 2. The third-order valence-corrected chi connectivity index (χ3v) is 5.58. The van der Waals surface area contributed by atoms with E-state index in [4.69, 9.17) is 0 Å². The maximum Gasteiger partial charge on any atom is 0.227 e. The minimum Gasteiger partial charge on any atom is -0.356 e. The molecule has 2 aromatic rings. The van der Waals surface area contributed by atoms with Gasteiger partial charge in [0, 0.05) is 49.3 Å². The summed E-state index contributed by atoms with van der Waals surface area (Å²) in [7, 11) is 0. The fourth-order valence-corrected chi connectivity index (χ4v) is 4.07. The maximum absolute atomic E-state index is 12.6. The molecule has 0 saturated heterocycles. The van der Waals surface area contributed by atoms with E-state index in [1.54, 1.807) is 0 Å². The van der Waals surface area contributed by atoms with Crippen LogP contribution >= 0.6 is 0 Å². The highest BCUT2D eigenvalue weighted by atomic mass is 16.2. The Balaban J connectivity index is 1.43. The monoisotopic (exact) mass is 396 g/mol. The first kappa shape index (κ1) is 21.1. The van der Waals surface area contributed by atoms with Gasteiger partial charge in [-0.05, 0) is 44.4 Å². The van der Waals surface area contributed by atoms with Crippen LogP contribution in [0.5, 0.6) is 0 Å². The van der Waals surface area contributed by atoms with E-state index in [1.165, 1.54) is 5.56 Å². The largest absolute Gasteiger partial charge is 0.356 e. The van der Waals surface area contributed by atoms with Crippen LogP contribution in [0, 0.1) is 13.8 Å². The van der Waals surface area contributed by atoms with Gasteiger partial charge in [-0.3, -0.25) is 14.3 Å². The summed E-state index contributed by atoms with van der Waals surface area (Å²) < 4.78 is 1.97. The van der Waals surface area contributed by atoms with Crippen LogP contribution in [-0.2, 0) is 21.5 Å². The summed E-state index contributed by atoms with van der Waals surface area (Å²) in [5.41, 5.74) is 4.20. The fraction of sp³-hybridized carbons (Fsp3) is 0.522. The van der Waals surface area contributed by atoms with E-state index in [1.807, 2.05) is 41.6 Å². The minimum absolute atomic E-state index is 0.0384. The second-order valence-electron chi connectivity index (χ2n) is 8.58. The number of hydrogen-bond acceptors (Lipinski definition) is 3. The molecule has 0 fully saturated rings. The molecule has 0 radical (unpaired) electrons. The van der Waals surface area contributed by atoms with Gasteiger partial charge in [-0.15, -0.1) is 0 Å². The van der Waals surface area contributed by atoms with E-state index < -0.39 is 0 Å². The summed E-state index contributed by atoms with van der Waals surface area (Å²) in [4.78, 5) is 26.6. The number of hydrogen-bond donors (Lipinski definition) is 1. The lowest BCUT2D eigenvalue weighted by Crippen LogP contribution is -2.42. The molecule has 156 valence electrons. The summed E-state index contributed by atoms with van der Waals surface area (Å²) >= 11 is 0. The normalized spacial score (nSPS) is 15.3. The number of para-hydroxylation sites is 1. The maximum atomic E-state index is 12.6. The third kappa shape index (κ3) is 5.05. The molecule has 0 unspecified atom stereocenters. The highest BCUT2D eigenvalue weighted by Gasteiger charge is 2.35. The smallest absolute Gasteiger partial charge is 0.227 e. The molecule has 3 rings (SSSR count). The number of amides is 2. The summed E-state index contributed by atoms with van der Waals surface area (Å²) in [6.45, 7) is 10.3. The molecule has 0 spiro atoms. The van der Waals surface area contributed by atoms with Crippen LogP contribution in [0.2, 0.25) is 0 Å². The Morgan fingerprint density at radius 1 is 1.17 bits per heavy atom. The molecular weight excluding hydrogens is 364 g/mol. The van der Waals surface area contributed by atoms with Gasteiger partial charge >= 0.3 is 0 Å². The lowest BCUT2D eigenvalue weighted by atomic mass is 9.77. The molecule has 6 nitrogen and oxygen atoms in total. The molecule has 29 heavy (non-hydrogen) atoms.